The Kier molecular flexibility index (Phi) is 4.71. The number of rotatable bonds is 5. The molecule has 2 aromatic rings. The second-order valence-corrected chi connectivity index (χ2v) is 5.78. The van der Waals surface area contributed by atoms with Crippen molar-refractivity contribution in [3.05, 3.63) is 12.5 Å². The lowest BCUT2D eigenvalue weighted by atomic mass is 10.2. The van der Waals surface area contributed by atoms with Gasteiger partial charge < -0.3 is 15.1 Å². The molecule has 3 heterocycles. The SMILES string of the molecule is CNCCCC(=O)N1CCN(c2ncnc3c2cnn3C)CC1. The van der Waals surface area contributed by atoms with Gasteiger partial charge in [0.05, 0.1) is 11.6 Å². The highest BCUT2D eigenvalue weighted by Gasteiger charge is 2.23. The third-order valence-corrected chi connectivity index (χ3v) is 4.26. The van der Waals surface area contributed by atoms with Crippen molar-refractivity contribution in [3.8, 4) is 0 Å². The van der Waals surface area contributed by atoms with Crippen molar-refractivity contribution in [2.75, 3.05) is 44.7 Å². The normalized spacial score (nSPS) is 15.4. The first-order valence-corrected chi connectivity index (χ1v) is 8.00. The van der Waals surface area contributed by atoms with E-state index in [-0.39, 0.29) is 5.91 Å². The highest BCUT2D eigenvalue weighted by atomic mass is 16.2. The molecule has 1 aliphatic rings. The molecule has 0 unspecified atom stereocenters. The van der Waals surface area contributed by atoms with Gasteiger partial charge in [0.1, 0.15) is 12.1 Å². The maximum atomic E-state index is 12.2. The first kappa shape index (κ1) is 15.7. The van der Waals surface area contributed by atoms with Gasteiger partial charge in [0.15, 0.2) is 5.65 Å². The molecule has 8 heteroatoms. The van der Waals surface area contributed by atoms with Gasteiger partial charge in [-0.05, 0) is 20.0 Å². The lowest BCUT2D eigenvalue weighted by molar-refractivity contribution is -0.131. The number of fused-ring (bicyclic) bond motifs is 1. The second kappa shape index (κ2) is 6.91. The van der Waals surface area contributed by atoms with Gasteiger partial charge >= 0.3 is 0 Å². The van der Waals surface area contributed by atoms with Crippen LogP contribution in [0.1, 0.15) is 12.8 Å². The van der Waals surface area contributed by atoms with E-state index in [1.807, 2.05) is 19.0 Å². The summed E-state index contributed by atoms with van der Waals surface area (Å²) in [6.45, 7) is 3.94. The Balaban J connectivity index is 1.63. The zero-order valence-electron chi connectivity index (χ0n) is 13.7. The van der Waals surface area contributed by atoms with E-state index in [4.69, 9.17) is 0 Å². The number of nitrogens with one attached hydrogen (secondary N) is 1. The number of carbonyl (C=O) groups excluding carboxylic acids is 1. The number of amides is 1. The molecule has 8 nitrogen and oxygen atoms in total. The predicted octanol–water partition coefficient (Wildman–Crippen LogP) is 0.0115. The number of aryl methyl sites for hydroxylation is 1. The van der Waals surface area contributed by atoms with Gasteiger partial charge in [-0.15, -0.1) is 0 Å². The number of nitrogens with zero attached hydrogens (tertiary/aromatic N) is 6. The molecule has 2 aromatic heterocycles. The largest absolute Gasteiger partial charge is 0.352 e. The molecule has 0 aromatic carbocycles. The van der Waals surface area contributed by atoms with Crippen LogP contribution in [0.2, 0.25) is 0 Å². The van der Waals surface area contributed by atoms with E-state index in [9.17, 15) is 4.79 Å². The fourth-order valence-corrected chi connectivity index (χ4v) is 2.94. The van der Waals surface area contributed by atoms with Crippen molar-refractivity contribution in [2.45, 2.75) is 12.8 Å². The molecule has 1 aliphatic heterocycles. The zero-order valence-corrected chi connectivity index (χ0v) is 13.7. The van der Waals surface area contributed by atoms with Gasteiger partial charge in [-0.3, -0.25) is 9.48 Å². The molecule has 0 radical (unpaired) electrons. The highest BCUT2D eigenvalue weighted by Crippen LogP contribution is 2.23. The average Bonchev–Trinajstić information content (AvgIpc) is 2.97. The second-order valence-electron chi connectivity index (χ2n) is 5.78. The molecular weight excluding hydrogens is 294 g/mol. The summed E-state index contributed by atoms with van der Waals surface area (Å²) in [4.78, 5) is 25.0. The molecular formula is C15H23N7O. The maximum absolute atomic E-state index is 12.2. The minimum absolute atomic E-state index is 0.245. The lowest BCUT2D eigenvalue weighted by Crippen LogP contribution is -2.49. The van der Waals surface area contributed by atoms with Crippen LogP contribution in [-0.2, 0) is 11.8 Å². The molecule has 23 heavy (non-hydrogen) atoms. The number of hydrogen-bond acceptors (Lipinski definition) is 6. The Labute approximate surface area is 135 Å². The number of aromatic nitrogens is 4. The van der Waals surface area contributed by atoms with Crippen LogP contribution in [0.4, 0.5) is 5.82 Å². The zero-order chi connectivity index (χ0) is 16.2. The van der Waals surface area contributed by atoms with Gasteiger partial charge in [0.2, 0.25) is 5.91 Å². The number of carbonyl (C=O) groups is 1. The van der Waals surface area contributed by atoms with Crippen molar-refractivity contribution in [3.63, 3.8) is 0 Å². The fourth-order valence-electron chi connectivity index (χ4n) is 2.94. The average molecular weight is 317 g/mol. The standard InChI is InChI=1S/C15H23N7O/c1-16-5-3-4-13(23)21-6-8-22(9-7-21)15-12-10-19-20(2)14(12)17-11-18-15/h10-11,16H,3-9H2,1-2H3. The highest BCUT2D eigenvalue weighted by molar-refractivity contribution is 5.86. The summed E-state index contributed by atoms with van der Waals surface area (Å²) in [5.74, 6) is 1.15. The van der Waals surface area contributed by atoms with Gasteiger partial charge in [-0.25, -0.2) is 9.97 Å². The van der Waals surface area contributed by atoms with E-state index < -0.39 is 0 Å². The molecule has 0 aliphatic carbocycles. The van der Waals surface area contributed by atoms with Crippen molar-refractivity contribution < 1.29 is 4.79 Å². The first-order chi connectivity index (χ1) is 11.2. The van der Waals surface area contributed by atoms with Crippen molar-refractivity contribution >= 4 is 22.8 Å². The molecule has 124 valence electrons. The van der Waals surface area contributed by atoms with Crippen molar-refractivity contribution in [1.82, 2.24) is 30.0 Å². The molecule has 3 rings (SSSR count). The quantitative estimate of drug-likeness (QED) is 0.783. The number of hydrogen-bond donors (Lipinski definition) is 1. The topological polar surface area (TPSA) is 79.2 Å². The summed E-state index contributed by atoms with van der Waals surface area (Å²) < 4.78 is 1.75. The van der Waals surface area contributed by atoms with Gasteiger partial charge in [0, 0.05) is 39.6 Å². The molecule has 0 saturated carbocycles. The summed E-state index contributed by atoms with van der Waals surface area (Å²) in [7, 11) is 3.78. The van der Waals surface area contributed by atoms with Crippen LogP contribution in [0.5, 0.6) is 0 Å². The van der Waals surface area contributed by atoms with Crippen LogP contribution in [-0.4, -0.2) is 70.3 Å². The minimum atomic E-state index is 0.245. The minimum Gasteiger partial charge on any atom is -0.352 e. The summed E-state index contributed by atoms with van der Waals surface area (Å²) in [5.41, 5.74) is 0.834. The van der Waals surface area contributed by atoms with Crippen LogP contribution in [0.25, 0.3) is 11.0 Å². The van der Waals surface area contributed by atoms with Crippen molar-refractivity contribution in [1.29, 1.82) is 0 Å². The smallest absolute Gasteiger partial charge is 0.222 e. The summed E-state index contributed by atoms with van der Waals surface area (Å²) >= 11 is 0. The fraction of sp³-hybridized carbons (Fsp3) is 0.600. The maximum Gasteiger partial charge on any atom is 0.222 e. The summed E-state index contributed by atoms with van der Waals surface area (Å²) in [6.07, 6.45) is 4.88. The van der Waals surface area contributed by atoms with E-state index >= 15 is 0 Å². The molecule has 1 saturated heterocycles. The molecule has 1 N–H and O–H groups in total. The van der Waals surface area contributed by atoms with E-state index in [0.717, 1.165) is 56.0 Å². The third kappa shape index (κ3) is 3.26. The Morgan fingerprint density at radius 3 is 2.78 bits per heavy atom. The van der Waals surface area contributed by atoms with Crippen LogP contribution < -0.4 is 10.2 Å². The molecule has 0 bridgehead atoms. The van der Waals surface area contributed by atoms with Gasteiger partial charge in [0.25, 0.3) is 0 Å². The number of anilines is 1. The van der Waals surface area contributed by atoms with Crippen LogP contribution in [0, 0.1) is 0 Å². The van der Waals surface area contributed by atoms with E-state index in [1.165, 1.54) is 0 Å². The first-order valence-electron chi connectivity index (χ1n) is 8.00. The Morgan fingerprint density at radius 2 is 2.04 bits per heavy atom. The van der Waals surface area contributed by atoms with E-state index in [2.05, 4.69) is 25.3 Å². The molecule has 1 fully saturated rings. The third-order valence-electron chi connectivity index (χ3n) is 4.26. The Hall–Kier alpha value is -2.22. The van der Waals surface area contributed by atoms with Gasteiger partial charge in [-0.2, -0.15) is 5.10 Å². The van der Waals surface area contributed by atoms with Crippen LogP contribution in [0.3, 0.4) is 0 Å². The molecule has 0 atom stereocenters. The monoisotopic (exact) mass is 317 g/mol. The molecule has 0 spiro atoms. The van der Waals surface area contributed by atoms with E-state index in [0.29, 0.717) is 6.42 Å². The summed E-state index contributed by atoms with van der Waals surface area (Å²) in [5, 5.41) is 8.29. The summed E-state index contributed by atoms with van der Waals surface area (Å²) in [6, 6.07) is 0. The Bertz CT molecular complexity index is 676. The van der Waals surface area contributed by atoms with Gasteiger partial charge in [-0.1, -0.05) is 0 Å². The van der Waals surface area contributed by atoms with Crippen molar-refractivity contribution in [2.24, 2.45) is 7.05 Å². The van der Waals surface area contributed by atoms with E-state index in [1.54, 1.807) is 17.2 Å². The van der Waals surface area contributed by atoms with Crippen LogP contribution in [0.15, 0.2) is 12.5 Å². The predicted molar refractivity (Wildman–Crippen MR) is 88.3 cm³/mol. The number of piperazine rings is 1. The molecule has 1 amide bonds. The van der Waals surface area contributed by atoms with Crippen LogP contribution >= 0.6 is 0 Å². The lowest BCUT2D eigenvalue weighted by Gasteiger charge is -2.35. The Morgan fingerprint density at radius 1 is 1.26 bits per heavy atom.